The Bertz CT molecular complexity index is 632. The molecular weight excluding hydrogens is 270 g/mol. The van der Waals surface area contributed by atoms with E-state index in [1.807, 2.05) is 31.2 Å². The van der Waals surface area contributed by atoms with Crippen molar-refractivity contribution in [1.29, 1.82) is 0 Å². The van der Waals surface area contributed by atoms with Crippen molar-refractivity contribution in [2.75, 3.05) is 0 Å². The van der Waals surface area contributed by atoms with Crippen LogP contribution in [0.5, 0.6) is 0 Å². The first-order chi connectivity index (χ1) is 10.0. The molecule has 0 saturated heterocycles. The van der Waals surface area contributed by atoms with Crippen LogP contribution in [0.3, 0.4) is 0 Å². The first kappa shape index (κ1) is 14.7. The first-order valence-corrected chi connectivity index (χ1v) is 6.36. The van der Waals surface area contributed by atoms with E-state index in [2.05, 4.69) is 0 Å². The van der Waals surface area contributed by atoms with Crippen molar-refractivity contribution >= 4 is 11.7 Å². The minimum absolute atomic E-state index is 0.0105. The van der Waals surface area contributed by atoms with Crippen LogP contribution in [-0.2, 0) is 16.1 Å². The summed E-state index contributed by atoms with van der Waals surface area (Å²) >= 11 is 0. The number of ether oxygens (including phenoxy) is 1. The largest absolute Gasteiger partial charge is 0.460 e. The summed E-state index contributed by atoms with van der Waals surface area (Å²) in [4.78, 5) is 21.7. The van der Waals surface area contributed by atoms with Crippen LogP contribution in [0.1, 0.15) is 16.7 Å². The van der Waals surface area contributed by atoms with E-state index in [1.54, 1.807) is 12.1 Å². The van der Waals surface area contributed by atoms with Crippen LogP contribution in [0.15, 0.2) is 48.5 Å². The Morgan fingerprint density at radius 1 is 1.14 bits per heavy atom. The van der Waals surface area contributed by atoms with Crippen molar-refractivity contribution in [3.05, 3.63) is 81.8 Å². The topological polar surface area (TPSA) is 69.4 Å². The van der Waals surface area contributed by atoms with Crippen LogP contribution in [0.2, 0.25) is 0 Å². The van der Waals surface area contributed by atoms with Crippen molar-refractivity contribution in [2.24, 2.45) is 0 Å². The molecule has 0 aliphatic heterocycles. The number of hydrogen-bond acceptors (Lipinski definition) is 4. The lowest BCUT2D eigenvalue weighted by atomic mass is 10.1. The van der Waals surface area contributed by atoms with Gasteiger partial charge in [-0.05, 0) is 30.2 Å². The molecule has 0 aliphatic carbocycles. The zero-order valence-corrected chi connectivity index (χ0v) is 11.5. The molecule has 2 aromatic rings. The SMILES string of the molecule is Cc1ccc([CH]C(=O)OCc2ccc([N+](=O)[O-])cc2)cc1. The van der Waals surface area contributed by atoms with E-state index in [4.69, 9.17) is 4.74 Å². The zero-order valence-electron chi connectivity index (χ0n) is 11.5. The molecule has 0 N–H and O–H groups in total. The summed E-state index contributed by atoms with van der Waals surface area (Å²) in [5, 5.41) is 10.5. The van der Waals surface area contributed by atoms with Gasteiger partial charge in [-0.1, -0.05) is 29.8 Å². The van der Waals surface area contributed by atoms with Crippen molar-refractivity contribution in [1.82, 2.24) is 0 Å². The van der Waals surface area contributed by atoms with E-state index in [1.165, 1.54) is 18.6 Å². The number of esters is 1. The van der Waals surface area contributed by atoms with Crippen LogP contribution in [0.4, 0.5) is 5.69 Å². The van der Waals surface area contributed by atoms with Gasteiger partial charge in [-0.15, -0.1) is 0 Å². The summed E-state index contributed by atoms with van der Waals surface area (Å²) in [5.41, 5.74) is 2.60. The molecule has 0 saturated carbocycles. The van der Waals surface area contributed by atoms with Crippen molar-refractivity contribution < 1.29 is 14.5 Å². The van der Waals surface area contributed by atoms with Crippen molar-refractivity contribution in [3.8, 4) is 0 Å². The number of carbonyl (C=O) groups excluding carboxylic acids is 1. The van der Waals surface area contributed by atoms with Gasteiger partial charge in [0.15, 0.2) is 0 Å². The standard InChI is InChI=1S/C16H14NO4/c1-12-2-4-13(5-3-12)10-16(18)21-11-14-6-8-15(9-7-14)17(19)20/h2-10H,11H2,1H3. The molecule has 5 nitrogen and oxygen atoms in total. The van der Waals surface area contributed by atoms with Gasteiger partial charge in [0.1, 0.15) is 6.61 Å². The first-order valence-electron chi connectivity index (χ1n) is 6.36. The molecule has 1 radical (unpaired) electrons. The Morgan fingerprint density at radius 2 is 1.76 bits per heavy atom. The summed E-state index contributed by atoms with van der Waals surface area (Å²) in [7, 11) is 0. The van der Waals surface area contributed by atoms with E-state index in [-0.39, 0.29) is 12.3 Å². The van der Waals surface area contributed by atoms with Crippen LogP contribution < -0.4 is 0 Å². The molecule has 0 aliphatic rings. The van der Waals surface area contributed by atoms with E-state index in [9.17, 15) is 14.9 Å². The molecule has 0 spiro atoms. The van der Waals surface area contributed by atoms with E-state index in [0.29, 0.717) is 5.56 Å². The highest BCUT2D eigenvalue weighted by molar-refractivity contribution is 5.83. The van der Waals surface area contributed by atoms with Crippen molar-refractivity contribution in [3.63, 3.8) is 0 Å². The molecule has 0 fully saturated rings. The van der Waals surface area contributed by atoms with Gasteiger partial charge in [-0.25, -0.2) is 0 Å². The second-order valence-electron chi connectivity index (χ2n) is 4.59. The number of rotatable bonds is 5. The zero-order chi connectivity index (χ0) is 15.2. The molecule has 5 heteroatoms. The Balaban J connectivity index is 1.86. The van der Waals surface area contributed by atoms with Crippen LogP contribution in [0, 0.1) is 23.5 Å². The Morgan fingerprint density at radius 3 is 2.33 bits per heavy atom. The summed E-state index contributed by atoms with van der Waals surface area (Å²) in [5.74, 6) is -0.447. The van der Waals surface area contributed by atoms with Crippen molar-refractivity contribution in [2.45, 2.75) is 13.5 Å². The smallest absolute Gasteiger partial charge is 0.314 e. The third kappa shape index (κ3) is 4.42. The Hall–Kier alpha value is -2.69. The van der Waals surface area contributed by atoms with E-state index >= 15 is 0 Å². The fraction of sp³-hybridized carbons (Fsp3) is 0.125. The molecular formula is C16H14NO4. The summed E-state index contributed by atoms with van der Waals surface area (Å²) < 4.78 is 5.10. The Labute approximate surface area is 122 Å². The summed E-state index contributed by atoms with van der Waals surface area (Å²) in [6, 6.07) is 13.4. The molecule has 0 unspecified atom stereocenters. The van der Waals surface area contributed by atoms with Gasteiger partial charge in [0.2, 0.25) is 0 Å². The predicted octanol–water partition coefficient (Wildman–Crippen LogP) is 3.20. The summed E-state index contributed by atoms with van der Waals surface area (Å²) in [6.45, 7) is 2.05. The fourth-order valence-corrected chi connectivity index (χ4v) is 1.71. The number of aryl methyl sites for hydroxylation is 1. The van der Waals surface area contributed by atoms with Gasteiger partial charge in [0, 0.05) is 12.1 Å². The van der Waals surface area contributed by atoms with Crippen LogP contribution in [-0.4, -0.2) is 10.9 Å². The lowest BCUT2D eigenvalue weighted by Crippen LogP contribution is -2.06. The molecule has 107 valence electrons. The fourth-order valence-electron chi connectivity index (χ4n) is 1.71. The van der Waals surface area contributed by atoms with E-state index < -0.39 is 10.9 Å². The average Bonchev–Trinajstić information content (AvgIpc) is 2.48. The normalized spacial score (nSPS) is 10.1. The second kappa shape index (κ2) is 6.65. The maximum atomic E-state index is 11.7. The molecule has 21 heavy (non-hydrogen) atoms. The van der Waals surface area contributed by atoms with Gasteiger partial charge in [0.25, 0.3) is 5.69 Å². The minimum Gasteiger partial charge on any atom is -0.460 e. The molecule has 0 heterocycles. The average molecular weight is 284 g/mol. The van der Waals surface area contributed by atoms with Gasteiger partial charge >= 0.3 is 5.97 Å². The highest BCUT2D eigenvalue weighted by Gasteiger charge is 2.08. The molecule has 0 amide bonds. The number of nitro groups is 1. The number of non-ortho nitro benzene ring substituents is 1. The molecule has 2 aromatic carbocycles. The summed E-state index contributed by atoms with van der Waals surface area (Å²) in [6.07, 6.45) is 1.41. The maximum Gasteiger partial charge on any atom is 0.314 e. The van der Waals surface area contributed by atoms with Gasteiger partial charge < -0.3 is 4.74 Å². The van der Waals surface area contributed by atoms with Gasteiger partial charge in [-0.2, -0.15) is 0 Å². The molecule has 0 aromatic heterocycles. The predicted molar refractivity (Wildman–Crippen MR) is 77.5 cm³/mol. The number of benzene rings is 2. The maximum absolute atomic E-state index is 11.7. The monoisotopic (exact) mass is 284 g/mol. The number of nitrogens with zero attached hydrogens (tertiary/aromatic N) is 1. The third-order valence-corrected chi connectivity index (χ3v) is 2.89. The van der Waals surface area contributed by atoms with Gasteiger partial charge in [-0.3, -0.25) is 14.9 Å². The number of nitro benzene ring substituents is 1. The Kier molecular flexibility index (Phi) is 4.66. The quantitative estimate of drug-likeness (QED) is 0.480. The number of hydrogen-bond donors (Lipinski definition) is 0. The molecule has 0 atom stereocenters. The van der Waals surface area contributed by atoms with Crippen LogP contribution in [0.25, 0.3) is 0 Å². The van der Waals surface area contributed by atoms with E-state index in [0.717, 1.165) is 11.1 Å². The molecule has 0 bridgehead atoms. The number of carbonyl (C=O) groups is 1. The lowest BCUT2D eigenvalue weighted by molar-refractivity contribution is -0.384. The highest BCUT2D eigenvalue weighted by Crippen LogP contribution is 2.13. The third-order valence-electron chi connectivity index (χ3n) is 2.89. The molecule has 2 rings (SSSR count). The minimum atomic E-state index is -0.471. The highest BCUT2D eigenvalue weighted by atomic mass is 16.6. The lowest BCUT2D eigenvalue weighted by Gasteiger charge is -2.05. The van der Waals surface area contributed by atoms with Crippen LogP contribution >= 0.6 is 0 Å². The van der Waals surface area contributed by atoms with Gasteiger partial charge in [0.05, 0.1) is 11.3 Å². The second-order valence-corrected chi connectivity index (χ2v) is 4.59.